The lowest BCUT2D eigenvalue weighted by molar-refractivity contribution is -0.0528. The van der Waals surface area contributed by atoms with E-state index in [0.29, 0.717) is 22.9 Å². The summed E-state index contributed by atoms with van der Waals surface area (Å²) in [5.41, 5.74) is 2.35. The predicted octanol–water partition coefficient (Wildman–Crippen LogP) is 3.29. The highest BCUT2D eigenvalue weighted by Gasteiger charge is 2.35. The van der Waals surface area contributed by atoms with Gasteiger partial charge < -0.3 is 10.1 Å². The van der Waals surface area contributed by atoms with Crippen molar-refractivity contribution in [3.05, 3.63) is 48.5 Å². The number of ether oxygens (including phenoxy) is 1. The summed E-state index contributed by atoms with van der Waals surface area (Å²) in [5.74, 6) is 1.02. The number of rotatable bonds is 7. The van der Waals surface area contributed by atoms with Crippen LogP contribution in [0.5, 0.6) is 5.88 Å². The molecule has 4 aromatic heterocycles. The molecule has 0 aromatic carbocycles. The van der Waals surface area contributed by atoms with Gasteiger partial charge in [0, 0.05) is 18.5 Å². The lowest BCUT2D eigenvalue weighted by Gasteiger charge is -2.17. The standard InChI is InChI=1S/C18H16F2N8O/c19-18(20)29-15-6-13(26-27-15)24-14-9-22-12-8-23-28(17(12)25-14)16(10-3-4-10)11-2-1-5-21-7-11/h1-2,5-10,16,18H,3-4H2,(H2,24,25,26,27)/t16-/m1/s1. The van der Waals surface area contributed by atoms with Gasteiger partial charge in [0.25, 0.3) is 0 Å². The average Bonchev–Trinajstić information content (AvgIpc) is 3.32. The Kier molecular flexibility index (Phi) is 4.26. The molecular formula is C18H16F2N8O. The van der Waals surface area contributed by atoms with E-state index in [1.807, 2.05) is 23.0 Å². The van der Waals surface area contributed by atoms with Crippen LogP contribution in [0.4, 0.5) is 20.4 Å². The predicted molar refractivity (Wildman–Crippen MR) is 98.9 cm³/mol. The smallest absolute Gasteiger partial charge is 0.388 e. The third-order valence-electron chi connectivity index (χ3n) is 4.69. The minimum Gasteiger partial charge on any atom is -0.417 e. The molecule has 5 rings (SSSR count). The second-order valence-electron chi connectivity index (χ2n) is 6.74. The van der Waals surface area contributed by atoms with Crippen molar-refractivity contribution < 1.29 is 13.5 Å². The van der Waals surface area contributed by atoms with Crippen LogP contribution < -0.4 is 10.1 Å². The Morgan fingerprint density at radius 3 is 2.86 bits per heavy atom. The average molecular weight is 398 g/mol. The minimum absolute atomic E-state index is 0.0298. The molecule has 0 amide bonds. The molecular weight excluding hydrogens is 382 g/mol. The van der Waals surface area contributed by atoms with Gasteiger partial charge in [-0.15, -0.1) is 0 Å². The van der Waals surface area contributed by atoms with E-state index in [2.05, 4.69) is 40.3 Å². The van der Waals surface area contributed by atoms with Gasteiger partial charge in [0.05, 0.1) is 18.4 Å². The van der Waals surface area contributed by atoms with E-state index in [1.165, 1.54) is 12.3 Å². The van der Waals surface area contributed by atoms with E-state index in [0.717, 1.165) is 18.4 Å². The Morgan fingerprint density at radius 2 is 2.10 bits per heavy atom. The van der Waals surface area contributed by atoms with E-state index in [1.54, 1.807) is 12.4 Å². The number of nitrogens with zero attached hydrogens (tertiary/aromatic N) is 6. The molecule has 9 nitrogen and oxygen atoms in total. The van der Waals surface area contributed by atoms with Crippen molar-refractivity contribution in [1.82, 2.24) is 34.9 Å². The Hall–Kier alpha value is -3.63. The number of anilines is 2. The second-order valence-corrected chi connectivity index (χ2v) is 6.74. The third-order valence-corrected chi connectivity index (χ3v) is 4.69. The summed E-state index contributed by atoms with van der Waals surface area (Å²) < 4.78 is 30.7. The van der Waals surface area contributed by atoms with Gasteiger partial charge in [0.1, 0.15) is 5.52 Å². The third kappa shape index (κ3) is 3.58. The number of aromatic nitrogens is 7. The fraction of sp³-hybridized carbons (Fsp3) is 0.278. The molecule has 2 N–H and O–H groups in total. The highest BCUT2D eigenvalue weighted by molar-refractivity contribution is 5.72. The molecule has 0 radical (unpaired) electrons. The number of alkyl halides is 2. The largest absolute Gasteiger partial charge is 0.417 e. The summed E-state index contributed by atoms with van der Waals surface area (Å²) in [6.07, 6.45) is 9.04. The molecule has 4 aromatic rings. The summed E-state index contributed by atoms with van der Waals surface area (Å²) >= 11 is 0. The number of pyridine rings is 1. The summed E-state index contributed by atoms with van der Waals surface area (Å²) in [6.45, 7) is -2.93. The van der Waals surface area contributed by atoms with Crippen molar-refractivity contribution in [2.24, 2.45) is 5.92 Å². The monoisotopic (exact) mass is 398 g/mol. The maximum absolute atomic E-state index is 12.3. The molecule has 1 atom stereocenters. The lowest BCUT2D eigenvalue weighted by atomic mass is 10.1. The molecule has 0 bridgehead atoms. The first-order chi connectivity index (χ1) is 14.2. The number of hydrogen-bond acceptors (Lipinski definition) is 7. The van der Waals surface area contributed by atoms with Gasteiger partial charge in [-0.25, -0.2) is 19.7 Å². The molecule has 1 saturated carbocycles. The van der Waals surface area contributed by atoms with E-state index >= 15 is 0 Å². The Morgan fingerprint density at radius 1 is 1.21 bits per heavy atom. The van der Waals surface area contributed by atoms with E-state index in [9.17, 15) is 8.78 Å². The van der Waals surface area contributed by atoms with Crippen LogP contribution in [0.2, 0.25) is 0 Å². The van der Waals surface area contributed by atoms with Gasteiger partial charge in [-0.2, -0.15) is 19.0 Å². The van der Waals surface area contributed by atoms with Crippen molar-refractivity contribution in [3.8, 4) is 5.88 Å². The second kappa shape index (κ2) is 7.08. The van der Waals surface area contributed by atoms with Gasteiger partial charge in [-0.1, -0.05) is 6.07 Å². The Labute approximate surface area is 163 Å². The molecule has 0 spiro atoms. The fourth-order valence-corrected chi connectivity index (χ4v) is 3.32. The zero-order valence-electron chi connectivity index (χ0n) is 15.0. The van der Waals surface area contributed by atoms with Gasteiger partial charge in [-0.05, 0) is 30.4 Å². The molecule has 29 heavy (non-hydrogen) atoms. The highest BCUT2D eigenvalue weighted by Crippen LogP contribution is 2.43. The first-order valence-corrected chi connectivity index (χ1v) is 9.05. The Bertz CT molecular complexity index is 1130. The topological polar surface area (TPSA) is 106 Å². The van der Waals surface area contributed by atoms with Gasteiger partial charge in [0.15, 0.2) is 17.3 Å². The zero-order chi connectivity index (χ0) is 19.8. The van der Waals surface area contributed by atoms with E-state index < -0.39 is 6.61 Å². The maximum Gasteiger partial charge on any atom is 0.388 e. The van der Waals surface area contributed by atoms with Crippen molar-refractivity contribution in [1.29, 1.82) is 0 Å². The molecule has 0 aliphatic heterocycles. The zero-order valence-corrected chi connectivity index (χ0v) is 15.0. The van der Waals surface area contributed by atoms with Crippen molar-refractivity contribution in [3.63, 3.8) is 0 Å². The normalized spacial score (nSPS) is 15.0. The number of nitrogens with one attached hydrogen (secondary N) is 2. The van der Waals surface area contributed by atoms with Crippen LogP contribution in [0.1, 0.15) is 24.4 Å². The minimum atomic E-state index is -2.93. The van der Waals surface area contributed by atoms with Crippen LogP contribution in [-0.4, -0.2) is 41.5 Å². The van der Waals surface area contributed by atoms with Gasteiger partial charge in [-0.3, -0.25) is 4.98 Å². The molecule has 1 fully saturated rings. The van der Waals surface area contributed by atoms with Gasteiger partial charge in [0.2, 0.25) is 5.88 Å². The summed E-state index contributed by atoms with van der Waals surface area (Å²) in [5, 5.41) is 13.7. The van der Waals surface area contributed by atoms with Crippen molar-refractivity contribution >= 4 is 22.8 Å². The fourth-order valence-electron chi connectivity index (χ4n) is 3.32. The molecule has 148 valence electrons. The van der Waals surface area contributed by atoms with Crippen LogP contribution in [0.15, 0.2) is 43.0 Å². The first kappa shape index (κ1) is 17.5. The van der Waals surface area contributed by atoms with E-state index in [-0.39, 0.29) is 17.7 Å². The molecule has 11 heteroatoms. The Balaban J connectivity index is 1.46. The number of hydrogen-bond donors (Lipinski definition) is 2. The molecule has 0 saturated heterocycles. The lowest BCUT2D eigenvalue weighted by Crippen LogP contribution is -2.15. The van der Waals surface area contributed by atoms with Crippen LogP contribution in [-0.2, 0) is 0 Å². The van der Waals surface area contributed by atoms with Gasteiger partial charge >= 0.3 is 6.61 Å². The van der Waals surface area contributed by atoms with Crippen LogP contribution in [0.25, 0.3) is 11.2 Å². The SMILES string of the molecule is FC(F)Oc1cc(Nc2cnc3cnn([C@@H](c4cccnc4)C4CC4)c3n2)n[nH]1. The first-order valence-electron chi connectivity index (χ1n) is 9.05. The molecule has 1 aliphatic rings. The van der Waals surface area contributed by atoms with Crippen molar-refractivity contribution in [2.75, 3.05) is 5.32 Å². The van der Waals surface area contributed by atoms with E-state index in [4.69, 9.17) is 0 Å². The number of fused-ring (bicyclic) bond motifs is 1. The quantitative estimate of drug-likeness (QED) is 0.492. The van der Waals surface area contributed by atoms with Crippen LogP contribution in [0, 0.1) is 5.92 Å². The summed E-state index contributed by atoms with van der Waals surface area (Å²) in [4.78, 5) is 13.3. The summed E-state index contributed by atoms with van der Waals surface area (Å²) in [7, 11) is 0. The highest BCUT2D eigenvalue weighted by atomic mass is 19.3. The number of aromatic amines is 1. The van der Waals surface area contributed by atoms with Crippen LogP contribution >= 0.6 is 0 Å². The maximum atomic E-state index is 12.3. The van der Waals surface area contributed by atoms with Crippen LogP contribution in [0.3, 0.4) is 0 Å². The molecule has 4 heterocycles. The molecule has 0 unspecified atom stereocenters. The number of H-pyrrole nitrogens is 1. The summed E-state index contributed by atoms with van der Waals surface area (Å²) in [6, 6.07) is 5.29. The van der Waals surface area contributed by atoms with Crippen molar-refractivity contribution in [2.45, 2.75) is 25.5 Å². The molecule has 1 aliphatic carbocycles. The number of halogens is 2.